The van der Waals surface area contributed by atoms with Gasteiger partial charge >= 0.3 is 0 Å². The zero-order valence-electron chi connectivity index (χ0n) is 15.6. The van der Waals surface area contributed by atoms with Crippen molar-refractivity contribution in [2.75, 3.05) is 11.9 Å². The van der Waals surface area contributed by atoms with E-state index in [0.29, 0.717) is 0 Å². The van der Waals surface area contributed by atoms with Crippen LogP contribution in [0.15, 0.2) is 78.9 Å². The quantitative estimate of drug-likeness (QED) is 0.732. The number of benzene rings is 3. The Kier molecular flexibility index (Phi) is 5.03. The van der Waals surface area contributed by atoms with Gasteiger partial charge in [-0.2, -0.15) is 0 Å². The maximum absolute atomic E-state index is 13.0. The van der Waals surface area contributed by atoms with Crippen LogP contribution in [0.1, 0.15) is 18.1 Å². The van der Waals surface area contributed by atoms with E-state index in [0.717, 1.165) is 36.3 Å². The smallest absolute Gasteiger partial charge is 0.241 e. The lowest BCUT2D eigenvalue weighted by molar-refractivity contribution is -0.121. The Morgan fingerprint density at radius 3 is 2.37 bits per heavy atom. The predicted molar refractivity (Wildman–Crippen MR) is 111 cm³/mol. The summed E-state index contributed by atoms with van der Waals surface area (Å²) < 4.78 is 0. The van der Waals surface area contributed by atoms with Crippen molar-refractivity contribution in [3.8, 4) is 11.1 Å². The van der Waals surface area contributed by atoms with Gasteiger partial charge in [0.2, 0.25) is 5.91 Å². The number of para-hydroxylation sites is 1. The molecule has 0 aliphatic carbocycles. The lowest BCUT2D eigenvalue weighted by Gasteiger charge is -2.33. The minimum absolute atomic E-state index is 0.0396. The third kappa shape index (κ3) is 3.79. The summed E-state index contributed by atoms with van der Waals surface area (Å²) in [6, 6.07) is 26.5. The van der Waals surface area contributed by atoms with Gasteiger partial charge in [0.15, 0.2) is 0 Å². The van der Waals surface area contributed by atoms with Crippen molar-refractivity contribution in [1.82, 2.24) is 4.90 Å². The first-order valence-corrected chi connectivity index (χ1v) is 9.48. The molecule has 0 bridgehead atoms. The summed E-state index contributed by atoms with van der Waals surface area (Å²) in [5, 5.41) is 3.15. The van der Waals surface area contributed by atoms with E-state index in [-0.39, 0.29) is 11.9 Å². The van der Waals surface area contributed by atoms with Crippen molar-refractivity contribution in [2.24, 2.45) is 0 Å². The second kappa shape index (κ2) is 7.77. The van der Waals surface area contributed by atoms with Crippen LogP contribution in [-0.4, -0.2) is 23.4 Å². The molecule has 4 rings (SSSR count). The highest BCUT2D eigenvalue weighted by Crippen LogP contribution is 2.28. The van der Waals surface area contributed by atoms with E-state index in [1.807, 2.05) is 49.4 Å². The molecule has 1 heterocycles. The average molecular weight is 356 g/mol. The van der Waals surface area contributed by atoms with Crippen molar-refractivity contribution in [2.45, 2.75) is 25.9 Å². The number of carbonyl (C=O) groups excluding carboxylic acids is 1. The van der Waals surface area contributed by atoms with Gasteiger partial charge in [0, 0.05) is 24.3 Å². The topological polar surface area (TPSA) is 32.3 Å². The molecule has 27 heavy (non-hydrogen) atoms. The molecule has 0 saturated carbocycles. The highest BCUT2D eigenvalue weighted by atomic mass is 16.2. The average Bonchev–Trinajstić information content (AvgIpc) is 2.74. The first-order chi connectivity index (χ1) is 13.2. The Balaban J connectivity index is 1.50. The molecular weight excluding hydrogens is 332 g/mol. The Morgan fingerprint density at radius 2 is 1.56 bits per heavy atom. The van der Waals surface area contributed by atoms with E-state index in [4.69, 9.17) is 0 Å². The Morgan fingerprint density at radius 1 is 0.889 bits per heavy atom. The molecule has 1 atom stereocenters. The predicted octanol–water partition coefficient (Wildman–Crippen LogP) is 4.74. The first kappa shape index (κ1) is 17.5. The summed E-state index contributed by atoms with van der Waals surface area (Å²) in [4.78, 5) is 15.2. The molecule has 3 nitrogen and oxygen atoms in total. The Hall–Kier alpha value is -2.91. The number of nitrogens with zero attached hydrogens (tertiary/aromatic N) is 1. The summed E-state index contributed by atoms with van der Waals surface area (Å²) in [5.41, 5.74) is 5.73. The maximum Gasteiger partial charge on any atom is 0.241 e. The third-order valence-corrected chi connectivity index (χ3v) is 5.36. The molecule has 3 heteroatoms. The zero-order valence-corrected chi connectivity index (χ0v) is 15.6. The van der Waals surface area contributed by atoms with Crippen molar-refractivity contribution in [3.63, 3.8) is 0 Å². The molecule has 0 aromatic heterocycles. The summed E-state index contributed by atoms with van der Waals surface area (Å²) in [6.45, 7) is 3.73. The fourth-order valence-electron chi connectivity index (χ4n) is 3.71. The normalized spacial score (nSPS) is 15.0. The van der Waals surface area contributed by atoms with Crippen LogP contribution >= 0.6 is 0 Å². The molecule has 1 unspecified atom stereocenters. The number of fused-ring (bicyclic) bond motifs is 1. The van der Waals surface area contributed by atoms with Crippen LogP contribution in [-0.2, 0) is 17.8 Å². The third-order valence-electron chi connectivity index (χ3n) is 5.36. The molecule has 1 aliphatic rings. The fourth-order valence-corrected chi connectivity index (χ4v) is 3.71. The van der Waals surface area contributed by atoms with E-state index in [2.05, 4.69) is 46.6 Å². The van der Waals surface area contributed by atoms with Crippen molar-refractivity contribution in [1.29, 1.82) is 0 Å². The molecule has 1 amide bonds. The van der Waals surface area contributed by atoms with Gasteiger partial charge in [0.1, 0.15) is 0 Å². The monoisotopic (exact) mass is 356 g/mol. The summed E-state index contributed by atoms with van der Waals surface area (Å²) in [7, 11) is 0. The number of hydrogen-bond acceptors (Lipinski definition) is 2. The molecule has 0 fully saturated rings. The first-order valence-electron chi connectivity index (χ1n) is 9.48. The van der Waals surface area contributed by atoms with Gasteiger partial charge < -0.3 is 5.32 Å². The van der Waals surface area contributed by atoms with Crippen LogP contribution in [0.2, 0.25) is 0 Å². The van der Waals surface area contributed by atoms with Gasteiger partial charge in [-0.3, -0.25) is 9.69 Å². The fraction of sp³-hybridized carbons (Fsp3) is 0.208. The van der Waals surface area contributed by atoms with Crippen LogP contribution in [0.25, 0.3) is 11.1 Å². The molecule has 1 N–H and O–H groups in total. The lowest BCUT2D eigenvalue weighted by Crippen LogP contribution is -2.44. The second-order valence-electron chi connectivity index (χ2n) is 7.07. The van der Waals surface area contributed by atoms with Gasteiger partial charge in [-0.15, -0.1) is 0 Å². The minimum Gasteiger partial charge on any atom is -0.324 e. The lowest BCUT2D eigenvalue weighted by atomic mass is 9.98. The van der Waals surface area contributed by atoms with Gasteiger partial charge in [-0.1, -0.05) is 72.8 Å². The van der Waals surface area contributed by atoms with Crippen LogP contribution in [0.3, 0.4) is 0 Å². The van der Waals surface area contributed by atoms with E-state index in [9.17, 15) is 4.79 Å². The summed E-state index contributed by atoms with van der Waals surface area (Å²) in [6.07, 6.45) is 0.994. The van der Waals surface area contributed by atoms with E-state index < -0.39 is 0 Å². The van der Waals surface area contributed by atoms with E-state index in [1.54, 1.807) is 0 Å². The van der Waals surface area contributed by atoms with Gasteiger partial charge in [0.05, 0.1) is 6.04 Å². The molecule has 136 valence electrons. The minimum atomic E-state index is -0.179. The number of hydrogen-bond donors (Lipinski definition) is 1. The van der Waals surface area contributed by atoms with E-state index >= 15 is 0 Å². The number of carbonyl (C=O) groups is 1. The van der Waals surface area contributed by atoms with Gasteiger partial charge in [-0.05, 0) is 36.1 Å². The van der Waals surface area contributed by atoms with Crippen LogP contribution in [0, 0.1) is 0 Å². The van der Waals surface area contributed by atoms with Crippen LogP contribution in [0.5, 0.6) is 0 Å². The Labute approximate surface area is 160 Å². The standard InChI is InChI=1S/C24H24N2O/c1-18(26-16-15-19-9-5-6-12-21(19)17-26)24(27)25-23-14-8-7-13-22(23)20-10-3-2-4-11-20/h2-14,18H,15-17H2,1H3,(H,25,27). The molecule has 0 radical (unpaired) electrons. The zero-order chi connectivity index (χ0) is 18.6. The summed E-state index contributed by atoms with van der Waals surface area (Å²) >= 11 is 0. The molecular formula is C24H24N2O. The van der Waals surface area contributed by atoms with E-state index in [1.165, 1.54) is 11.1 Å². The SMILES string of the molecule is CC(C(=O)Nc1ccccc1-c1ccccc1)N1CCc2ccccc2C1. The highest BCUT2D eigenvalue weighted by Gasteiger charge is 2.25. The largest absolute Gasteiger partial charge is 0.324 e. The molecule has 0 saturated heterocycles. The van der Waals surface area contributed by atoms with Gasteiger partial charge in [-0.25, -0.2) is 0 Å². The molecule has 1 aliphatic heterocycles. The van der Waals surface area contributed by atoms with Crippen molar-refractivity contribution in [3.05, 3.63) is 90.0 Å². The molecule has 3 aromatic rings. The second-order valence-corrected chi connectivity index (χ2v) is 7.07. The van der Waals surface area contributed by atoms with Crippen LogP contribution in [0.4, 0.5) is 5.69 Å². The highest BCUT2D eigenvalue weighted by molar-refractivity contribution is 5.98. The number of nitrogens with one attached hydrogen (secondary N) is 1. The van der Waals surface area contributed by atoms with Crippen molar-refractivity contribution >= 4 is 11.6 Å². The number of amides is 1. The van der Waals surface area contributed by atoms with Crippen molar-refractivity contribution < 1.29 is 4.79 Å². The maximum atomic E-state index is 13.0. The van der Waals surface area contributed by atoms with Crippen LogP contribution < -0.4 is 5.32 Å². The summed E-state index contributed by atoms with van der Waals surface area (Å²) in [5.74, 6) is 0.0396. The van der Waals surface area contributed by atoms with Gasteiger partial charge in [0.25, 0.3) is 0 Å². The molecule has 0 spiro atoms. The number of anilines is 1. The Bertz CT molecular complexity index is 936. The molecule has 3 aromatic carbocycles. The number of rotatable bonds is 4.